The Morgan fingerprint density at radius 3 is 2.65 bits per heavy atom. The molecule has 0 spiro atoms. The zero-order valence-electron chi connectivity index (χ0n) is 13.8. The normalized spacial score (nSPS) is 18.1. The Kier molecular flexibility index (Phi) is 4.87. The number of anilines is 1. The molecule has 1 fully saturated rings. The Morgan fingerprint density at radius 1 is 1.26 bits per heavy atom. The summed E-state index contributed by atoms with van der Waals surface area (Å²) in [5.74, 6) is 0.857. The Hall–Kier alpha value is -1.60. The third-order valence-corrected chi connectivity index (χ3v) is 4.94. The molecule has 6 nitrogen and oxygen atoms in total. The van der Waals surface area contributed by atoms with E-state index in [0.29, 0.717) is 5.16 Å². The predicted octanol–water partition coefficient (Wildman–Crippen LogP) is 2.46. The van der Waals surface area contributed by atoms with Gasteiger partial charge < -0.3 is 9.64 Å². The van der Waals surface area contributed by atoms with Crippen molar-refractivity contribution in [3.63, 3.8) is 0 Å². The molecule has 1 unspecified atom stereocenters. The summed E-state index contributed by atoms with van der Waals surface area (Å²) >= 11 is 0. The summed E-state index contributed by atoms with van der Waals surface area (Å²) in [6, 6.07) is 1.96. The van der Waals surface area contributed by atoms with Gasteiger partial charge in [-0.1, -0.05) is 0 Å². The highest BCUT2D eigenvalue weighted by atomic mass is 32.2. The van der Waals surface area contributed by atoms with Gasteiger partial charge in [0.25, 0.3) is 0 Å². The predicted molar refractivity (Wildman–Crippen MR) is 91.2 cm³/mol. The van der Waals surface area contributed by atoms with E-state index in [-0.39, 0.29) is 6.10 Å². The fraction of sp³-hybridized carbons (Fsp3) is 0.562. The summed E-state index contributed by atoms with van der Waals surface area (Å²) in [5.41, 5.74) is 1.65. The van der Waals surface area contributed by atoms with Crippen molar-refractivity contribution in [2.75, 3.05) is 31.4 Å². The maximum atomic E-state index is 11.7. The maximum absolute atomic E-state index is 11.7. The summed E-state index contributed by atoms with van der Waals surface area (Å²) in [6.45, 7) is 3.92. The number of hydrogen-bond donors (Lipinski definition) is 0. The Morgan fingerprint density at radius 2 is 2.00 bits per heavy atom. The minimum absolute atomic E-state index is 0.0945. The van der Waals surface area contributed by atoms with Crippen molar-refractivity contribution >= 4 is 27.5 Å². The van der Waals surface area contributed by atoms with Crippen molar-refractivity contribution in [2.45, 2.75) is 37.4 Å². The average molecular weight is 334 g/mol. The molecule has 0 aromatic carbocycles. The van der Waals surface area contributed by atoms with Crippen LogP contribution in [0.15, 0.2) is 17.4 Å². The van der Waals surface area contributed by atoms with Crippen LogP contribution in [0, 0.1) is 0 Å². The number of rotatable bonds is 4. The number of nitrogens with zero attached hydrogens (tertiary/aromatic N) is 4. The number of hydrogen-bond acceptors (Lipinski definition) is 6. The SMILES string of the molecule is CO[C@H](C)c1cc2cnc(S(C)=O)nc2c(N2CCCCC2)n1. The second-order valence-corrected chi connectivity index (χ2v) is 7.11. The van der Waals surface area contributed by atoms with E-state index in [1.807, 2.05) is 13.0 Å². The zero-order valence-corrected chi connectivity index (χ0v) is 14.6. The molecule has 0 saturated carbocycles. The van der Waals surface area contributed by atoms with E-state index in [9.17, 15) is 4.21 Å². The van der Waals surface area contributed by atoms with Crippen LogP contribution in [0.5, 0.6) is 0 Å². The lowest BCUT2D eigenvalue weighted by Gasteiger charge is -2.29. The summed E-state index contributed by atoms with van der Waals surface area (Å²) < 4.78 is 17.1. The third kappa shape index (κ3) is 3.35. The van der Waals surface area contributed by atoms with Crippen molar-refractivity contribution in [3.8, 4) is 0 Å². The number of piperidine rings is 1. The molecule has 0 bridgehead atoms. The zero-order chi connectivity index (χ0) is 16.4. The first-order chi connectivity index (χ1) is 11.1. The van der Waals surface area contributed by atoms with Crippen molar-refractivity contribution < 1.29 is 8.95 Å². The molecule has 3 rings (SSSR count). The molecule has 1 aliphatic rings. The highest BCUT2D eigenvalue weighted by Gasteiger charge is 2.20. The van der Waals surface area contributed by atoms with Crippen LogP contribution in [0.4, 0.5) is 5.82 Å². The highest BCUT2D eigenvalue weighted by Crippen LogP contribution is 2.29. The van der Waals surface area contributed by atoms with E-state index < -0.39 is 10.8 Å². The Bertz CT molecular complexity index is 731. The molecule has 1 aliphatic heterocycles. The number of ether oxygens (including phenoxy) is 1. The van der Waals surface area contributed by atoms with Gasteiger partial charge in [-0.25, -0.2) is 15.0 Å². The highest BCUT2D eigenvalue weighted by molar-refractivity contribution is 7.84. The van der Waals surface area contributed by atoms with Gasteiger partial charge in [-0.05, 0) is 32.3 Å². The van der Waals surface area contributed by atoms with E-state index in [1.165, 1.54) is 6.42 Å². The van der Waals surface area contributed by atoms with Crippen molar-refractivity contribution in [2.24, 2.45) is 0 Å². The van der Waals surface area contributed by atoms with E-state index in [1.54, 1.807) is 19.6 Å². The molecule has 1 saturated heterocycles. The maximum Gasteiger partial charge on any atom is 0.218 e. The van der Waals surface area contributed by atoms with Gasteiger partial charge in [-0.2, -0.15) is 0 Å². The van der Waals surface area contributed by atoms with Gasteiger partial charge in [-0.15, -0.1) is 0 Å². The van der Waals surface area contributed by atoms with Crippen LogP contribution in [-0.2, 0) is 15.5 Å². The van der Waals surface area contributed by atoms with E-state index in [2.05, 4.69) is 14.9 Å². The van der Waals surface area contributed by atoms with Crippen LogP contribution in [0.2, 0.25) is 0 Å². The minimum atomic E-state index is -1.21. The van der Waals surface area contributed by atoms with Gasteiger partial charge in [0.1, 0.15) is 5.52 Å². The van der Waals surface area contributed by atoms with Gasteiger partial charge in [0.2, 0.25) is 5.16 Å². The first kappa shape index (κ1) is 16.3. The van der Waals surface area contributed by atoms with Gasteiger partial charge in [0.05, 0.1) is 22.6 Å². The molecular weight excluding hydrogens is 312 g/mol. The van der Waals surface area contributed by atoms with E-state index in [4.69, 9.17) is 9.72 Å². The lowest BCUT2D eigenvalue weighted by atomic mass is 10.1. The second kappa shape index (κ2) is 6.88. The molecule has 7 heteroatoms. The largest absolute Gasteiger partial charge is 0.375 e. The van der Waals surface area contributed by atoms with E-state index >= 15 is 0 Å². The molecule has 0 aliphatic carbocycles. The quantitative estimate of drug-likeness (QED) is 0.800. The van der Waals surface area contributed by atoms with E-state index in [0.717, 1.165) is 48.3 Å². The van der Waals surface area contributed by atoms with Gasteiger partial charge in [0.15, 0.2) is 5.82 Å². The van der Waals surface area contributed by atoms with Crippen molar-refractivity contribution in [1.29, 1.82) is 0 Å². The summed E-state index contributed by atoms with van der Waals surface area (Å²) in [5, 5.41) is 1.26. The van der Waals surface area contributed by atoms with Crippen LogP contribution in [-0.4, -0.2) is 45.6 Å². The Labute approximate surface area is 138 Å². The average Bonchev–Trinajstić information content (AvgIpc) is 2.60. The number of methoxy groups -OCH3 is 1. The molecule has 3 heterocycles. The number of fused-ring (bicyclic) bond motifs is 1. The fourth-order valence-electron chi connectivity index (χ4n) is 2.82. The van der Waals surface area contributed by atoms with Gasteiger partial charge >= 0.3 is 0 Å². The molecule has 2 aromatic rings. The fourth-order valence-corrected chi connectivity index (χ4v) is 3.24. The van der Waals surface area contributed by atoms with Crippen LogP contribution in [0.1, 0.15) is 38.0 Å². The molecule has 124 valence electrons. The second-order valence-electron chi connectivity index (χ2n) is 5.84. The first-order valence-corrected chi connectivity index (χ1v) is 9.45. The van der Waals surface area contributed by atoms with Crippen LogP contribution >= 0.6 is 0 Å². The van der Waals surface area contributed by atoms with Crippen LogP contribution in [0.3, 0.4) is 0 Å². The molecule has 2 atom stereocenters. The lowest BCUT2D eigenvalue weighted by Crippen LogP contribution is -2.31. The van der Waals surface area contributed by atoms with Crippen molar-refractivity contribution in [1.82, 2.24) is 15.0 Å². The third-order valence-electron chi connectivity index (χ3n) is 4.23. The molecule has 0 radical (unpaired) electrons. The minimum Gasteiger partial charge on any atom is -0.375 e. The van der Waals surface area contributed by atoms with Gasteiger partial charge in [0, 0.05) is 38.0 Å². The number of aromatic nitrogens is 3. The van der Waals surface area contributed by atoms with Crippen LogP contribution < -0.4 is 4.90 Å². The smallest absolute Gasteiger partial charge is 0.218 e. The topological polar surface area (TPSA) is 68.2 Å². The summed E-state index contributed by atoms with van der Waals surface area (Å²) in [6.07, 6.45) is 6.80. The summed E-state index contributed by atoms with van der Waals surface area (Å²) in [7, 11) is 0.470. The summed E-state index contributed by atoms with van der Waals surface area (Å²) in [4.78, 5) is 15.8. The monoisotopic (exact) mass is 334 g/mol. The van der Waals surface area contributed by atoms with Crippen molar-refractivity contribution in [3.05, 3.63) is 18.0 Å². The standard InChI is InChI=1S/C16H22N4O2S/c1-11(22-2)13-9-12-10-17-16(23(3)21)19-14(12)15(18-13)20-7-5-4-6-8-20/h9-11H,4-8H2,1-3H3/t11-,23?/m1/s1. The first-order valence-electron chi connectivity index (χ1n) is 7.89. The molecule has 0 N–H and O–H groups in total. The Balaban J connectivity index is 2.17. The number of pyridine rings is 1. The molecule has 0 amide bonds. The van der Waals surface area contributed by atoms with Gasteiger partial charge in [-0.3, -0.25) is 4.21 Å². The lowest BCUT2D eigenvalue weighted by molar-refractivity contribution is 0.116. The molecular formula is C16H22N4O2S. The molecule has 2 aromatic heterocycles. The molecule has 23 heavy (non-hydrogen) atoms. The van der Waals surface area contributed by atoms with Crippen LogP contribution in [0.25, 0.3) is 10.9 Å².